The first-order valence-corrected chi connectivity index (χ1v) is 5.75. The zero-order valence-corrected chi connectivity index (χ0v) is 9.82. The molecule has 0 atom stereocenters. The van der Waals surface area contributed by atoms with E-state index in [1.165, 1.54) is 29.7 Å². The number of allylic oxidation sites excluding steroid dienone is 1. The highest BCUT2D eigenvalue weighted by Gasteiger charge is 2.13. The molecule has 0 aromatic heterocycles. The van der Waals surface area contributed by atoms with E-state index in [1.54, 1.807) is 12.3 Å². The zero-order chi connectivity index (χ0) is 11.4. The average molecular weight is 214 g/mol. The van der Waals surface area contributed by atoms with Gasteiger partial charge in [0.2, 0.25) is 0 Å². The average Bonchev–Trinajstić information content (AvgIpc) is 2.30. The van der Waals surface area contributed by atoms with Gasteiger partial charge in [-0.2, -0.15) is 0 Å². The summed E-state index contributed by atoms with van der Waals surface area (Å²) in [4.78, 5) is 6.61. The number of aryl methyl sites for hydroxylation is 1. The summed E-state index contributed by atoms with van der Waals surface area (Å²) >= 11 is 0. The molecular formula is C14H18N2. The summed E-state index contributed by atoms with van der Waals surface area (Å²) < 4.78 is 0. The van der Waals surface area contributed by atoms with Crippen molar-refractivity contribution < 1.29 is 0 Å². The maximum absolute atomic E-state index is 4.27. The quantitative estimate of drug-likeness (QED) is 0.706. The molecule has 0 saturated heterocycles. The summed E-state index contributed by atoms with van der Waals surface area (Å²) in [5, 5.41) is 0. The maximum atomic E-state index is 4.27. The fourth-order valence-electron chi connectivity index (χ4n) is 2.13. The summed E-state index contributed by atoms with van der Waals surface area (Å²) in [6.45, 7) is 5.52. The summed E-state index contributed by atoms with van der Waals surface area (Å²) in [7, 11) is 2.16. The number of hydrogen-bond acceptors (Lipinski definition) is 2. The topological polar surface area (TPSA) is 15.6 Å². The molecule has 16 heavy (non-hydrogen) atoms. The molecule has 2 nitrogen and oxygen atoms in total. The lowest BCUT2D eigenvalue weighted by Crippen LogP contribution is -2.24. The van der Waals surface area contributed by atoms with Gasteiger partial charge in [0.25, 0.3) is 0 Å². The van der Waals surface area contributed by atoms with Crippen LogP contribution >= 0.6 is 0 Å². The minimum Gasteiger partial charge on any atom is -0.374 e. The smallest absolute Gasteiger partial charge is 0.0640 e. The third kappa shape index (κ3) is 2.32. The van der Waals surface area contributed by atoms with Crippen LogP contribution in [0.2, 0.25) is 0 Å². The van der Waals surface area contributed by atoms with Crippen molar-refractivity contribution in [2.24, 2.45) is 4.99 Å². The first-order chi connectivity index (χ1) is 7.81. The highest BCUT2D eigenvalue weighted by atomic mass is 15.1. The normalized spacial score (nSPS) is 15.2. The van der Waals surface area contributed by atoms with Crippen LogP contribution in [-0.2, 0) is 13.0 Å². The van der Waals surface area contributed by atoms with E-state index in [0.717, 1.165) is 13.1 Å². The predicted octanol–water partition coefficient (Wildman–Crippen LogP) is 2.83. The molecule has 2 rings (SSSR count). The van der Waals surface area contributed by atoms with Crippen molar-refractivity contribution in [3.63, 3.8) is 0 Å². The Labute approximate surface area is 97.3 Å². The number of rotatable bonds is 3. The van der Waals surface area contributed by atoms with Crippen LogP contribution in [0.1, 0.15) is 17.5 Å². The van der Waals surface area contributed by atoms with Crippen LogP contribution < -0.4 is 4.90 Å². The number of nitrogens with zero attached hydrogens (tertiary/aromatic N) is 2. The number of anilines is 1. The van der Waals surface area contributed by atoms with Gasteiger partial charge in [-0.3, -0.25) is 4.99 Å². The zero-order valence-electron chi connectivity index (χ0n) is 9.82. The summed E-state index contributed by atoms with van der Waals surface area (Å²) in [6, 6.07) is 6.68. The second kappa shape index (κ2) is 4.97. The van der Waals surface area contributed by atoms with Crippen molar-refractivity contribution in [1.82, 2.24) is 0 Å². The van der Waals surface area contributed by atoms with Gasteiger partial charge < -0.3 is 4.90 Å². The highest BCUT2D eigenvalue weighted by Crippen LogP contribution is 2.27. The summed E-state index contributed by atoms with van der Waals surface area (Å²) in [5.41, 5.74) is 4.10. The van der Waals surface area contributed by atoms with Gasteiger partial charge in [0.1, 0.15) is 0 Å². The van der Waals surface area contributed by atoms with Gasteiger partial charge in [-0.05, 0) is 30.0 Å². The third-order valence-corrected chi connectivity index (χ3v) is 2.99. The van der Waals surface area contributed by atoms with Gasteiger partial charge in [-0.25, -0.2) is 0 Å². The molecule has 0 unspecified atom stereocenters. The number of aliphatic imine (C=N–C) groups is 1. The molecule has 0 bridgehead atoms. The minimum absolute atomic E-state index is 0.743. The van der Waals surface area contributed by atoms with Crippen LogP contribution in [0, 0.1) is 0 Å². The minimum atomic E-state index is 0.743. The Hall–Kier alpha value is -1.57. The van der Waals surface area contributed by atoms with E-state index < -0.39 is 0 Å². The van der Waals surface area contributed by atoms with Crippen LogP contribution in [0.5, 0.6) is 0 Å². The molecule has 2 heteroatoms. The van der Waals surface area contributed by atoms with E-state index in [-0.39, 0.29) is 0 Å². The molecule has 1 aromatic rings. The molecule has 1 aliphatic rings. The molecule has 1 heterocycles. The van der Waals surface area contributed by atoms with E-state index in [9.17, 15) is 0 Å². The van der Waals surface area contributed by atoms with Gasteiger partial charge in [0, 0.05) is 25.5 Å². The van der Waals surface area contributed by atoms with Gasteiger partial charge >= 0.3 is 0 Å². The van der Waals surface area contributed by atoms with Crippen molar-refractivity contribution in [2.75, 3.05) is 18.5 Å². The standard InChI is InChI=1S/C14H18N2/c1-3-8-15-11-12-6-7-13-5-4-9-16(2)14(13)10-12/h3,6-8,10H,1,4-5,9,11H2,2H3. The molecule has 0 aliphatic carbocycles. The number of hydrogen-bond donors (Lipinski definition) is 0. The van der Waals surface area contributed by atoms with E-state index in [4.69, 9.17) is 0 Å². The van der Waals surface area contributed by atoms with Gasteiger partial charge in [0.15, 0.2) is 0 Å². The van der Waals surface area contributed by atoms with Gasteiger partial charge in [0.05, 0.1) is 6.54 Å². The largest absolute Gasteiger partial charge is 0.374 e. The third-order valence-electron chi connectivity index (χ3n) is 2.99. The molecule has 0 fully saturated rings. The second-order valence-corrected chi connectivity index (χ2v) is 4.21. The Morgan fingerprint density at radius 1 is 1.50 bits per heavy atom. The van der Waals surface area contributed by atoms with Crippen molar-refractivity contribution in [2.45, 2.75) is 19.4 Å². The Morgan fingerprint density at radius 3 is 3.19 bits per heavy atom. The lowest BCUT2D eigenvalue weighted by molar-refractivity contribution is 0.743. The molecule has 0 spiro atoms. The van der Waals surface area contributed by atoms with Crippen LogP contribution in [0.3, 0.4) is 0 Å². The Morgan fingerprint density at radius 2 is 2.38 bits per heavy atom. The second-order valence-electron chi connectivity index (χ2n) is 4.21. The van der Waals surface area contributed by atoms with Gasteiger partial charge in [-0.15, -0.1) is 0 Å². The first kappa shape index (κ1) is 10.9. The van der Waals surface area contributed by atoms with Crippen LogP contribution in [-0.4, -0.2) is 19.8 Å². The lowest BCUT2D eigenvalue weighted by Gasteiger charge is -2.27. The SMILES string of the molecule is C=CC=NCc1ccc2c(c1)N(C)CCC2. The molecule has 0 radical (unpaired) electrons. The van der Waals surface area contributed by atoms with Crippen molar-refractivity contribution >= 4 is 11.9 Å². The predicted molar refractivity (Wildman–Crippen MR) is 70.4 cm³/mol. The molecule has 84 valence electrons. The maximum Gasteiger partial charge on any atom is 0.0640 e. The molecule has 1 aliphatic heterocycles. The van der Waals surface area contributed by atoms with Crippen molar-refractivity contribution in [3.8, 4) is 0 Å². The van der Waals surface area contributed by atoms with Crippen molar-refractivity contribution in [3.05, 3.63) is 42.0 Å². The van der Waals surface area contributed by atoms with Gasteiger partial charge in [-0.1, -0.05) is 24.8 Å². The number of benzene rings is 1. The van der Waals surface area contributed by atoms with E-state index in [0.29, 0.717) is 0 Å². The lowest BCUT2D eigenvalue weighted by atomic mass is 10.00. The van der Waals surface area contributed by atoms with E-state index in [1.807, 2.05) is 0 Å². The van der Waals surface area contributed by atoms with Crippen LogP contribution in [0.15, 0.2) is 35.8 Å². The van der Waals surface area contributed by atoms with E-state index >= 15 is 0 Å². The van der Waals surface area contributed by atoms with E-state index in [2.05, 4.69) is 41.7 Å². The molecule has 0 N–H and O–H groups in total. The molecule has 0 amide bonds. The fraction of sp³-hybridized carbons (Fsp3) is 0.357. The Bertz CT molecular complexity index is 407. The first-order valence-electron chi connectivity index (χ1n) is 5.75. The van der Waals surface area contributed by atoms with Crippen LogP contribution in [0.4, 0.5) is 5.69 Å². The van der Waals surface area contributed by atoms with Crippen molar-refractivity contribution in [1.29, 1.82) is 0 Å². The highest BCUT2D eigenvalue weighted by molar-refractivity contribution is 5.70. The summed E-state index contributed by atoms with van der Waals surface area (Å²) in [5.74, 6) is 0. The monoisotopic (exact) mass is 214 g/mol. The molecule has 0 saturated carbocycles. The molecule has 1 aromatic carbocycles. The fourth-order valence-corrected chi connectivity index (χ4v) is 2.13. The Kier molecular flexibility index (Phi) is 3.40. The number of fused-ring (bicyclic) bond motifs is 1. The van der Waals surface area contributed by atoms with Crippen LogP contribution in [0.25, 0.3) is 0 Å². The Balaban J connectivity index is 2.20. The summed E-state index contributed by atoms with van der Waals surface area (Å²) in [6.07, 6.45) is 5.93. The molecular weight excluding hydrogens is 196 g/mol.